The number of benzene rings is 1. The minimum absolute atomic E-state index is 0.208. The van der Waals surface area contributed by atoms with Gasteiger partial charge in [0.05, 0.1) is 16.7 Å². The number of nitrogens with zero attached hydrogens (tertiary/aromatic N) is 1. The number of thioether (sulfide) groups is 1. The van der Waals surface area contributed by atoms with Gasteiger partial charge in [-0.2, -0.15) is 24.9 Å². The van der Waals surface area contributed by atoms with Crippen molar-refractivity contribution in [1.29, 1.82) is 0 Å². The highest BCUT2D eigenvalue weighted by Gasteiger charge is 2.45. The quantitative estimate of drug-likeness (QED) is 0.838. The Hall–Kier alpha value is -1.47. The van der Waals surface area contributed by atoms with Crippen molar-refractivity contribution in [3.63, 3.8) is 0 Å². The maximum atomic E-state index is 12.8. The first-order valence-corrected chi connectivity index (χ1v) is 8.92. The molecular weight excluding hydrogens is 337 g/mol. The lowest BCUT2D eigenvalue weighted by atomic mass is 9.79. The Balaban J connectivity index is 1.80. The van der Waals surface area contributed by atoms with Gasteiger partial charge in [-0.25, -0.2) is 0 Å². The highest BCUT2D eigenvalue weighted by atomic mass is 32.2. The first-order valence-electron chi connectivity index (χ1n) is 7.87. The second-order valence-corrected chi connectivity index (χ2v) is 7.51. The standard InChI is InChI=1S/C17H19F3N2OS/c1-2-24-15-5-7-16(15,23)10-22-13-6-8-21-14-9-11(17(18,19)20)3-4-12(13)14/h3-4,6,8-9,15,23H,2,5,7,10H2,1H3,(H,21,22). The lowest BCUT2D eigenvalue weighted by molar-refractivity contribution is -0.137. The van der Waals surface area contributed by atoms with Crippen LogP contribution in [0.15, 0.2) is 30.5 Å². The maximum absolute atomic E-state index is 12.8. The van der Waals surface area contributed by atoms with E-state index in [1.807, 2.05) is 0 Å². The van der Waals surface area contributed by atoms with Crippen LogP contribution in [0.25, 0.3) is 10.9 Å². The average molecular weight is 356 g/mol. The highest BCUT2D eigenvalue weighted by molar-refractivity contribution is 8.00. The average Bonchev–Trinajstić information content (AvgIpc) is 2.55. The SMILES string of the molecule is CCSC1CCC1(O)CNc1ccnc2cc(C(F)(F)F)ccc12. The molecule has 1 saturated carbocycles. The smallest absolute Gasteiger partial charge is 0.387 e. The summed E-state index contributed by atoms with van der Waals surface area (Å²) in [7, 11) is 0. The van der Waals surface area contributed by atoms with Gasteiger partial charge in [-0.3, -0.25) is 4.98 Å². The van der Waals surface area contributed by atoms with E-state index in [1.165, 1.54) is 12.3 Å². The molecule has 24 heavy (non-hydrogen) atoms. The number of alkyl halides is 3. The monoisotopic (exact) mass is 356 g/mol. The van der Waals surface area contributed by atoms with Crippen molar-refractivity contribution in [2.24, 2.45) is 0 Å². The normalized spacial score (nSPS) is 24.0. The summed E-state index contributed by atoms with van der Waals surface area (Å²) in [5.41, 5.74) is -0.497. The van der Waals surface area contributed by atoms with E-state index in [0.717, 1.165) is 30.7 Å². The molecule has 3 rings (SSSR count). The summed E-state index contributed by atoms with van der Waals surface area (Å²) < 4.78 is 38.4. The fraction of sp³-hybridized carbons (Fsp3) is 0.471. The first-order chi connectivity index (χ1) is 11.3. The van der Waals surface area contributed by atoms with E-state index in [0.29, 0.717) is 17.6 Å². The van der Waals surface area contributed by atoms with Gasteiger partial charge in [-0.05, 0) is 36.8 Å². The molecule has 0 aliphatic heterocycles. The minimum atomic E-state index is -4.38. The Bertz CT molecular complexity index is 737. The molecule has 1 aromatic heterocycles. The van der Waals surface area contributed by atoms with Crippen molar-refractivity contribution in [2.45, 2.75) is 36.8 Å². The summed E-state index contributed by atoms with van der Waals surface area (Å²) in [4.78, 5) is 4.03. The van der Waals surface area contributed by atoms with Crippen LogP contribution in [0.3, 0.4) is 0 Å². The van der Waals surface area contributed by atoms with Crippen molar-refractivity contribution in [3.8, 4) is 0 Å². The number of fused-ring (bicyclic) bond motifs is 1. The summed E-state index contributed by atoms with van der Waals surface area (Å²) in [5, 5.41) is 14.7. The molecular formula is C17H19F3N2OS. The second kappa shape index (κ2) is 6.44. The van der Waals surface area contributed by atoms with Crippen LogP contribution in [-0.4, -0.2) is 33.2 Å². The number of hydrogen-bond acceptors (Lipinski definition) is 4. The summed E-state index contributed by atoms with van der Waals surface area (Å²) in [6.07, 6.45) is -1.18. The van der Waals surface area contributed by atoms with Crippen LogP contribution in [0.1, 0.15) is 25.3 Å². The number of aromatic nitrogens is 1. The molecule has 2 unspecified atom stereocenters. The Morgan fingerprint density at radius 2 is 2.17 bits per heavy atom. The molecule has 2 atom stereocenters. The fourth-order valence-corrected chi connectivity index (χ4v) is 4.16. The predicted octanol–water partition coefficient (Wildman–Crippen LogP) is 4.31. The van der Waals surface area contributed by atoms with E-state index in [9.17, 15) is 18.3 Å². The van der Waals surface area contributed by atoms with Gasteiger partial charge < -0.3 is 10.4 Å². The lowest BCUT2D eigenvalue weighted by Crippen LogP contribution is -2.54. The summed E-state index contributed by atoms with van der Waals surface area (Å²) >= 11 is 1.74. The molecule has 0 spiro atoms. The third kappa shape index (κ3) is 3.32. The topological polar surface area (TPSA) is 45.1 Å². The number of halogens is 3. The first kappa shape index (κ1) is 17.4. The van der Waals surface area contributed by atoms with Crippen LogP contribution in [0, 0.1) is 0 Å². The molecule has 1 aliphatic carbocycles. The molecule has 130 valence electrons. The molecule has 0 saturated heterocycles. The van der Waals surface area contributed by atoms with Gasteiger partial charge in [0.25, 0.3) is 0 Å². The van der Waals surface area contributed by atoms with E-state index >= 15 is 0 Å². The second-order valence-electron chi connectivity index (χ2n) is 6.03. The van der Waals surface area contributed by atoms with E-state index < -0.39 is 17.3 Å². The van der Waals surface area contributed by atoms with Crippen LogP contribution < -0.4 is 5.32 Å². The van der Waals surface area contributed by atoms with Crippen LogP contribution >= 0.6 is 11.8 Å². The molecule has 1 heterocycles. The van der Waals surface area contributed by atoms with Gasteiger partial charge in [-0.15, -0.1) is 0 Å². The largest absolute Gasteiger partial charge is 0.416 e. The van der Waals surface area contributed by atoms with Crippen LogP contribution in [0.2, 0.25) is 0 Å². The molecule has 1 fully saturated rings. The number of rotatable bonds is 5. The summed E-state index contributed by atoms with van der Waals surface area (Å²) in [6, 6.07) is 5.26. The molecule has 2 N–H and O–H groups in total. The minimum Gasteiger partial charge on any atom is -0.387 e. The fourth-order valence-electron chi connectivity index (χ4n) is 2.96. The third-order valence-electron chi connectivity index (χ3n) is 4.46. The van der Waals surface area contributed by atoms with Gasteiger partial charge in [-0.1, -0.05) is 13.0 Å². The zero-order valence-electron chi connectivity index (χ0n) is 13.2. The van der Waals surface area contributed by atoms with Gasteiger partial charge in [0, 0.05) is 29.1 Å². The number of hydrogen-bond donors (Lipinski definition) is 2. The van der Waals surface area contributed by atoms with Crippen molar-refractivity contribution in [2.75, 3.05) is 17.6 Å². The van der Waals surface area contributed by atoms with E-state index in [2.05, 4.69) is 17.2 Å². The Kier molecular flexibility index (Phi) is 4.66. The molecule has 2 aromatic rings. The molecule has 0 amide bonds. The van der Waals surface area contributed by atoms with E-state index in [-0.39, 0.29) is 10.8 Å². The van der Waals surface area contributed by atoms with Crippen molar-refractivity contribution in [1.82, 2.24) is 4.98 Å². The molecule has 0 bridgehead atoms. The Labute approximate surface area is 142 Å². The molecule has 7 heteroatoms. The van der Waals surface area contributed by atoms with Gasteiger partial charge in [0.15, 0.2) is 0 Å². The molecule has 1 aromatic carbocycles. The Morgan fingerprint density at radius 1 is 1.38 bits per heavy atom. The Morgan fingerprint density at radius 3 is 2.79 bits per heavy atom. The zero-order chi connectivity index (χ0) is 17.4. The summed E-state index contributed by atoms with van der Waals surface area (Å²) in [5.74, 6) is 0.950. The number of nitrogens with one attached hydrogen (secondary N) is 1. The van der Waals surface area contributed by atoms with Crippen LogP contribution in [-0.2, 0) is 6.18 Å². The number of pyridine rings is 1. The van der Waals surface area contributed by atoms with E-state index in [1.54, 1.807) is 17.8 Å². The molecule has 0 radical (unpaired) electrons. The van der Waals surface area contributed by atoms with Gasteiger partial charge in [0.1, 0.15) is 0 Å². The van der Waals surface area contributed by atoms with E-state index in [4.69, 9.17) is 0 Å². The van der Waals surface area contributed by atoms with Gasteiger partial charge >= 0.3 is 6.18 Å². The zero-order valence-corrected chi connectivity index (χ0v) is 14.0. The van der Waals surface area contributed by atoms with Crippen LogP contribution in [0.5, 0.6) is 0 Å². The highest BCUT2D eigenvalue weighted by Crippen LogP contribution is 2.41. The number of aliphatic hydroxyl groups is 1. The van der Waals surface area contributed by atoms with Crippen molar-refractivity contribution in [3.05, 3.63) is 36.0 Å². The lowest BCUT2D eigenvalue weighted by Gasteiger charge is -2.45. The predicted molar refractivity (Wildman–Crippen MR) is 91.3 cm³/mol. The van der Waals surface area contributed by atoms with Crippen LogP contribution in [0.4, 0.5) is 18.9 Å². The van der Waals surface area contributed by atoms with Crippen molar-refractivity contribution < 1.29 is 18.3 Å². The summed E-state index contributed by atoms with van der Waals surface area (Å²) in [6.45, 7) is 2.44. The molecule has 1 aliphatic rings. The third-order valence-corrected chi connectivity index (χ3v) is 5.87. The maximum Gasteiger partial charge on any atom is 0.416 e. The molecule has 3 nitrogen and oxygen atoms in total. The van der Waals surface area contributed by atoms with Crippen molar-refractivity contribution >= 4 is 28.4 Å². The van der Waals surface area contributed by atoms with Gasteiger partial charge in [0.2, 0.25) is 0 Å². The number of anilines is 1.